The van der Waals surface area contributed by atoms with E-state index >= 15 is 0 Å². The number of unbranched alkanes of at least 4 members (excludes halogenated alkanes) is 1. The van der Waals surface area contributed by atoms with Gasteiger partial charge in [-0.25, -0.2) is 4.79 Å². The largest absolute Gasteiger partial charge is 0.494 e. The summed E-state index contributed by atoms with van der Waals surface area (Å²) in [4.78, 5) is 29.4. The predicted molar refractivity (Wildman–Crippen MR) is 118 cm³/mol. The van der Waals surface area contributed by atoms with Gasteiger partial charge in [0.15, 0.2) is 4.80 Å². The number of allylic oxidation sites excluding steroid dienone is 1. The number of fused-ring (bicyclic) bond motifs is 1. The first-order valence-corrected chi connectivity index (χ1v) is 10.5. The van der Waals surface area contributed by atoms with Crippen LogP contribution in [-0.2, 0) is 11.3 Å². The third kappa shape index (κ3) is 4.86. The van der Waals surface area contributed by atoms with E-state index in [2.05, 4.69) is 18.5 Å². The van der Waals surface area contributed by atoms with Crippen molar-refractivity contribution in [1.29, 1.82) is 0 Å². The highest BCUT2D eigenvalue weighted by molar-refractivity contribution is 7.16. The van der Waals surface area contributed by atoms with Crippen LogP contribution in [0.3, 0.4) is 0 Å². The minimum atomic E-state index is -0.406. The van der Waals surface area contributed by atoms with Crippen molar-refractivity contribution in [3.05, 3.63) is 71.0 Å². The maximum absolute atomic E-state index is 12.7. The average molecular weight is 425 g/mol. The van der Waals surface area contributed by atoms with Crippen LogP contribution in [0.2, 0.25) is 0 Å². The SMILES string of the molecule is C=CCn1c(=NC(=O)c2ccc(OCCCC)cc2)sc2cc(C(=O)OC)ccc21. The lowest BCUT2D eigenvalue weighted by Crippen LogP contribution is -2.16. The molecule has 0 aliphatic heterocycles. The van der Waals surface area contributed by atoms with Crippen LogP contribution in [0.5, 0.6) is 5.75 Å². The van der Waals surface area contributed by atoms with Crippen molar-refractivity contribution in [1.82, 2.24) is 4.57 Å². The lowest BCUT2D eigenvalue weighted by Gasteiger charge is -2.05. The molecule has 0 saturated heterocycles. The van der Waals surface area contributed by atoms with Crippen molar-refractivity contribution >= 4 is 33.4 Å². The zero-order chi connectivity index (χ0) is 21.5. The first kappa shape index (κ1) is 21.5. The molecule has 1 amide bonds. The lowest BCUT2D eigenvalue weighted by molar-refractivity contribution is 0.0600. The first-order valence-electron chi connectivity index (χ1n) is 9.72. The molecule has 3 aromatic rings. The summed E-state index contributed by atoms with van der Waals surface area (Å²) in [5.74, 6) is -0.0111. The Balaban J connectivity index is 1.93. The highest BCUT2D eigenvalue weighted by Crippen LogP contribution is 2.20. The van der Waals surface area contributed by atoms with Crippen molar-refractivity contribution < 1.29 is 19.1 Å². The van der Waals surface area contributed by atoms with Gasteiger partial charge in [-0.15, -0.1) is 6.58 Å². The van der Waals surface area contributed by atoms with E-state index in [1.54, 1.807) is 42.5 Å². The summed E-state index contributed by atoms with van der Waals surface area (Å²) in [6, 6.07) is 12.3. The van der Waals surface area contributed by atoms with Crippen molar-refractivity contribution in [3.8, 4) is 5.75 Å². The molecule has 0 fully saturated rings. The van der Waals surface area contributed by atoms with E-state index in [4.69, 9.17) is 9.47 Å². The van der Waals surface area contributed by atoms with Gasteiger partial charge in [0.05, 0.1) is 29.5 Å². The second-order valence-corrected chi connectivity index (χ2v) is 7.61. The van der Waals surface area contributed by atoms with E-state index in [9.17, 15) is 9.59 Å². The van der Waals surface area contributed by atoms with Crippen LogP contribution in [0.4, 0.5) is 0 Å². The van der Waals surface area contributed by atoms with Gasteiger partial charge in [-0.2, -0.15) is 4.99 Å². The molecule has 0 bridgehead atoms. The molecule has 2 aromatic carbocycles. The number of aromatic nitrogens is 1. The number of rotatable bonds is 8. The van der Waals surface area contributed by atoms with E-state index in [1.807, 2.05) is 10.6 Å². The number of methoxy groups -OCH3 is 1. The van der Waals surface area contributed by atoms with E-state index in [-0.39, 0.29) is 5.91 Å². The van der Waals surface area contributed by atoms with E-state index < -0.39 is 5.97 Å². The molecule has 30 heavy (non-hydrogen) atoms. The van der Waals surface area contributed by atoms with Crippen molar-refractivity contribution in [2.75, 3.05) is 13.7 Å². The summed E-state index contributed by atoms with van der Waals surface area (Å²) in [6.07, 6.45) is 3.80. The Morgan fingerprint density at radius 2 is 1.90 bits per heavy atom. The lowest BCUT2D eigenvalue weighted by atomic mass is 10.2. The molecule has 1 heterocycles. The third-order valence-corrected chi connectivity index (χ3v) is 5.52. The Bertz CT molecular complexity index is 1130. The standard InChI is InChI=1S/C23H24N2O4S/c1-4-6-14-29-18-10-7-16(8-11-18)21(26)24-23-25(13-5-2)19-12-9-17(22(27)28-3)15-20(19)30-23/h5,7-12,15H,2,4,6,13-14H2,1,3H3. The molecular weight excluding hydrogens is 400 g/mol. The number of carbonyl (C=O) groups is 2. The zero-order valence-corrected chi connectivity index (χ0v) is 17.9. The highest BCUT2D eigenvalue weighted by atomic mass is 32.1. The van der Waals surface area contributed by atoms with Crippen LogP contribution < -0.4 is 9.54 Å². The fraction of sp³-hybridized carbons (Fsp3) is 0.261. The molecular formula is C23H24N2O4S. The summed E-state index contributed by atoms with van der Waals surface area (Å²) < 4.78 is 13.2. The van der Waals surface area contributed by atoms with Crippen molar-refractivity contribution in [2.45, 2.75) is 26.3 Å². The number of esters is 1. The summed E-state index contributed by atoms with van der Waals surface area (Å²) in [6.45, 7) is 7.05. The van der Waals surface area contributed by atoms with Gasteiger partial charge in [0.1, 0.15) is 5.75 Å². The topological polar surface area (TPSA) is 69.9 Å². The maximum atomic E-state index is 12.7. The monoisotopic (exact) mass is 424 g/mol. The number of thiazole rings is 1. The molecule has 156 valence electrons. The summed E-state index contributed by atoms with van der Waals surface area (Å²) in [7, 11) is 1.35. The molecule has 0 aliphatic carbocycles. The van der Waals surface area contributed by atoms with Crippen LogP contribution in [0.15, 0.2) is 60.1 Å². The van der Waals surface area contributed by atoms with Gasteiger partial charge in [-0.1, -0.05) is 30.8 Å². The second kappa shape index (κ2) is 10.0. The molecule has 0 saturated carbocycles. The van der Waals surface area contributed by atoms with Gasteiger partial charge in [0, 0.05) is 12.1 Å². The van der Waals surface area contributed by atoms with E-state index in [1.165, 1.54) is 18.4 Å². The Labute approximate surface area is 179 Å². The number of nitrogens with zero attached hydrogens (tertiary/aromatic N) is 2. The average Bonchev–Trinajstić information content (AvgIpc) is 3.10. The molecule has 0 aliphatic rings. The molecule has 0 spiro atoms. The molecule has 6 nitrogen and oxygen atoms in total. The Morgan fingerprint density at radius 1 is 1.17 bits per heavy atom. The third-order valence-electron chi connectivity index (χ3n) is 4.48. The minimum absolute atomic E-state index is 0.340. The number of hydrogen-bond donors (Lipinski definition) is 0. The molecule has 1 aromatic heterocycles. The van der Waals surface area contributed by atoms with Crippen LogP contribution in [-0.4, -0.2) is 30.2 Å². The fourth-order valence-electron chi connectivity index (χ4n) is 2.89. The quantitative estimate of drug-likeness (QED) is 0.301. The molecule has 0 unspecified atom stereocenters. The van der Waals surface area contributed by atoms with Crippen LogP contribution in [0.1, 0.15) is 40.5 Å². The molecule has 0 radical (unpaired) electrons. The van der Waals surface area contributed by atoms with Crippen molar-refractivity contribution in [2.24, 2.45) is 4.99 Å². The van der Waals surface area contributed by atoms with Crippen LogP contribution >= 0.6 is 11.3 Å². The molecule has 0 atom stereocenters. The number of hydrogen-bond acceptors (Lipinski definition) is 5. The Kier molecular flexibility index (Phi) is 7.19. The van der Waals surface area contributed by atoms with Crippen LogP contribution in [0, 0.1) is 0 Å². The number of ether oxygens (including phenoxy) is 2. The maximum Gasteiger partial charge on any atom is 0.337 e. The van der Waals surface area contributed by atoms with Gasteiger partial charge in [-0.3, -0.25) is 4.79 Å². The smallest absolute Gasteiger partial charge is 0.337 e. The first-order chi connectivity index (χ1) is 14.6. The van der Waals surface area contributed by atoms with Gasteiger partial charge < -0.3 is 14.0 Å². The van der Waals surface area contributed by atoms with Gasteiger partial charge in [0.2, 0.25) is 0 Å². The number of carbonyl (C=O) groups excluding carboxylic acids is 2. The van der Waals surface area contributed by atoms with Gasteiger partial charge in [-0.05, 0) is 48.9 Å². The highest BCUT2D eigenvalue weighted by Gasteiger charge is 2.12. The van der Waals surface area contributed by atoms with E-state index in [0.29, 0.717) is 29.1 Å². The summed E-state index contributed by atoms with van der Waals surface area (Å²) in [5, 5.41) is 0. The van der Waals surface area contributed by atoms with Crippen molar-refractivity contribution in [3.63, 3.8) is 0 Å². The number of amides is 1. The zero-order valence-electron chi connectivity index (χ0n) is 17.1. The molecule has 3 rings (SSSR count). The Morgan fingerprint density at radius 3 is 2.57 bits per heavy atom. The van der Waals surface area contributed by atoms with Gasteiger partial charge >= 0.3 is 5.97 Å². The normalized spacial score (nSPS) is 11.5. The van der Waals surface area contributed by atoms with E-state index in [0.717, 1.165) is 28.8 Å². The summed E-state index contributed by atoms with van der Waals surface area (Å²) >= 11 is 1.34. The number of benzene rings is 2. The molecule has 7 heteroatoms. The van der Waals surface area contributed by atoms with Gasteiger partial charge in [0.25, 0.3) is 5.91 Å². The van der Waals surface area contributed by atoms with Crippen LogP contribution in [0.25, 0.3) is 10.2 Å². The fourth-order valence-corrected chi connectivity index (χ4v) is 3.97. The molecule has 0 N–H and O–H groups in total. The summed E-state index contributed by atoms with van der Waals surface area (Å²) in [5.41, 5.74) is 1.81. The Hall–Kier alpha value is -3.19. The minimum Gasteiger partial charge on any atom is -0.494 e. The second-order valence-electron chi connectivity index (χ2n) is 6.60. The predicted octanol–water partition coefficient (Wildman–Crippen LogP) is 4.60.